The van der Waals surface area contributed by atoms with Gasteiger partial charge in [-0.25, -0.2) is 14.2 Å². The van der Waals surface area contributed by atoms with Crippen molar-refractivity contribution in [1.82, 2.24) is 20.3 Å². The molecule has 1 amide bonds. The molecule has 4 aromatic rings. The summed E-state index contributed by atoms with van der Waals surface area (Å²) in [5.41, 5.74) is 2.14. The van der Waals surface area contributed by atoms with Gasteiger partial charge in [-0.3, -0.25) is 4.79 Å². The first kappa shape index (κ1) is 22.5. The molecule has 4 N–H and O–H groups in total. The summed E-state index contributed by atoms with van der Waals surface area (Å²) < 4.78 is 24.5. The number of rotatable bonds is 8. The van der Waals surface area contributed by atoms with Gasteiger partial charge in [0.05, 0.1) is 13.3 Å². The number of benzene rings is 2. The molecule has 0 atom stereocenters. The minimum atomic E-state index is -0.643. The van der Waals surface area contributed by atoms with E-state index in [0.717, 1.165) is 11.6 Å². The van der Waals surface area contributed by atoms with Crippen molar-refractivity contribution in [2.75, 3.05) is 31.4 Å². The minimum absolute atomic E-state index is 0.0383. The standard InChI is InChI=1S/C23H21FN6O4/c1-25-20(31)12-34-16-5-3-4-14(9-16)28-23-26-11-17(24)21(30-23)27-15-7-6-13-8-19(22(32)33-2)29-18(13)10-15/h3-11,29H,12H2,1-2H3,(H,25,31)(H2,26,27,28,30). The van der Waals surface area contributed by atoms with E-state index in [-0.39, 0.29) is 24.3 Å². The molecule has 0 saturated carbocycles. The minimum Gasteiger partial charge on any atom is -0.484 e. The Hall–Kier alpha value is -4.67. The van der Waals surface area contributed by atoms with Gasteiger partial charge in [0.1, 0.15) is 11.4 Å². The zero-order chi connectivity index (χ0) is 24.1. The van der Waals surface area contributed by atoms with Crippen LogP contribution in [0.3, 0.4) is 0 Å². The third kappa shape index (κ3) is 5.21. The Morgan fingerprint density at radius 2 is 1.91 bits per heavy atom. The van der Waals surface area contributed by atoms with Crippen molar-refractivity contribution < 1.29 is 23.5 Å². The first-order chi connectivity index (χ1) is 16.4. The summed E-state index contributed by atoms with van der Waals surface area (Å²) in [7, 11) is 2.83. The van der Waals surface area contributed by atoms with Crippen LogP contribution < -0.4 is 20.7 Å². The molecule has 4 rings (SSSR count). The number of methoxy groups -OCH3 is 1. The Kier molecular flexibility index (Phi) is 6.53. The summed E-state index contributed by atoms with van der Waals surface area (Å²) in [5, 5.41) is 9.18. The van der Waals surface area contributed by atoms with E-state index in [1.165, 1.54) is 14.2 Å². The second-order valence-electron chi connectivity index (χ2n) is 7.11. The normalized spacial score (nSPS) is 10.6. The number of carbonyl (C=O) groups is 2. The summed E-state index contributed by atoms with van der Waals surface area (Å²) in [6.07, 6.45) is 1.05. The molecule has 0 aliphatic heterocycles. The number of aromatic nitrogens is 3. The van der Waals surface area contributed by atoms with Gasteiger partial charge >= 0.3 is 5.97 Å². The molecular weight excluding hydrogens is 443 g/mol. The third-order valence-corrected chi connectivity index (χ3v) is 4.77. The van der Waals surface area contributed by atoms with E-state index in [4.69, 9.17) is 9.47 Å². The van der Waals surface area contributed by atoms with Crippen LogP contribution in [0.25, 0.3) is 10.9 Å². The van der Waals surface area contributed by atoms with E-state index < -0.39 is 11.8 Å². The Bertz CT molecular complexity index is 1360. The van der Waals surface area contributed by atoms with Gasteiger partial charge in [0.25, 0.3) is 5.91 Å². The van der Waals surface area contributed by atoms with Crippen LogP contribution in [-0.2, 0) is 9.53 Å². The predicted molar refractivity (Wildman–Crippen MR) is 124 cm³/mol. The molecule has 0 bridgehead atoms. The molecule has 2 aromatic heterocycles. The Morgan fingerprint density at radius 3 is 2.71 bits per heavy atom. The van der Waals surface area contributed by atoms with Gasteiger partial charge in [-0.15, -0.1) is 0 Å². The lowest BCUT2D eigenvalue weighted by Crippen LogP contribution is -2.24. The third-order valence-electron chi connectivity index (χ3n) is 4.77. The van der Waals surface area contributed by atoms with Gasteiger partial charge in [-0.05, 0) is 30.3 Å². The van der Waals surface area contributed by atoms with E-state index in [0.29, 0.717) is 28.3 Å². The number of esters is 1. The number of nitrogens with one attached hydrogen (secondary N) is 4. The van der Waals surface area contributed by atoms with Crippen molar-refractivity contribution in [2.45, 2.75) is 0 Å². The van der Waals surface area contributed by atoms with Crippen LogP contribution in [-0.4, -0.2) is 47.6 Å². The second kappa shape index (κ2) is 9.86. The number of H-pyrrole nitrogens is 1. The largest absolute Gasteiger partial charge is 0.484 e. The molecule has 2 heterocycles. The van der Waals surface area contributed by atoms with Crippen LogP contribution in [0.5, 0.6) is 5.75 Å². The van der Waals surface area contributed by atoms with Gasteiger partial charge < -0.3 is 30.4 Å². The highest BCUT2D eigenvalue weighted by Gasteiger charge is 2.12. The number of nitrogens with zero attached hydrogens (tertiary/aromatic N) is 2. The molecule has 0 radical (unpaired) electrons. The molecule has 0 aliphatic carbocycles. The van der Waals surface area contributed by atoms with Crippen LogP contribution in [0.1, 0.15) is 10.5 Å². The van der Waals surface area contributed by atoms with Crippen LogP contribution in [0.4, 0.5) is 27.5 Å². The van der Waals surface area contributed by atoms with Crippen LogP contribution in [0.2, 0.25) is 0 Å². The van der Waals surface area contributed by atoms with Crippen LogP contribution in [0, 0.1) is 5.82 Å². The number of halogens is 1. The van der Waals surface area contributed by atoms with Crippen LogP contribution >= 0.6 is 0 Å². The Morgan fingerprint density at radius 1 is 1.09 bits per heavy atom. The van der Waals surface area contributed by atoms with Gasteiger partial charge in [0.15, 0.2) is 18.2 Å². The Balaban J connectivity index is 1.50. The molecule has 34 heavy (non-hydrogen) atoms. The second-order valence-corrected chi connectivity index (χ2v) is 7.11. The molecule has 174 valence electrons. The average Bonchev–Trinajstić information content (AvgIpc) is 3.28. The smallest absolute Gasteiger partial charge is 0.354 e. The molecular formula is C23H21FN6O4. The molecule has 0 aliphatic rings. The topological polar surface area (TPSA) is 130 Å². The van der Waals surface area contributed by atoms with E-state index in [1.54, 1.807) is 48.5 Å². The summed E-state index contributed by atoms with van der Waals surface area (Å²) in [4.78, 5) is 34.2. The fourth-order valence-corrected chi connectivity index (χ4v) is 3.09. The van der Waals surface area contributed by atoms with Crippen molar-refractivity contribution in [3.63, 3.8) is 0 Å². The number of fused-ring (bicyclic) bond motifs is 1. The summed E-state index contributed by atoms with van der Waals surface area (Å²) >= 11 is 0. The number of likely N-dealkylation sites (N-methyl/N-ethyl adjacent to an activating group) is 1. The monoisotopic (exact) mass is 464 g/mol. The fourth-order valence-electron chi connectivity index (χ4n) is 3.09. The van der Waals surface area contributed by atoms with E-state index >= 15 is 0 Å². The van der Waals surface area contributed by atoms with Gasteiger partial charge in [-0.1, -0.05) is 12.1 Å². The number of hydrogen-bond donors (Lipinski definition) is 4. The lowest BCUT2D eigenvalue weighted by Gasteiger charge is -2.11. The van der Waals surface area contributed by atoms with Crippen molar-refractivity contribution in [2.24, 2.45) is 0 Å². The first-order valence-corrected chi connectivity index (χ1v) is 10.2. The molecule has 0 spiro atoms. The molecule has 0 saturated heterocycles. The summed E-state index contributed by atoms with van der Waals surface area (Å²) in [6, 6.07) is 13.8. The number of aromatic amines is 1. The zero-order valence-electron chi connectivity index (χ0n) is 18.3. The maximum atomic E-state index is 14.4. The van der Waals surface area contributed by atoms with Gasteiger partial charge in [-0.2, -0.15) is 4.98 Å². The van der Waals surface area contributed by atoms with Crippen molar-refractivity contribution in [3.8, 4) is 5.75 Å². The van der Waals surface area contributed by atoms with Gasteiger partial charge in [0.2, 0.25) is 5.95 Å². The number of carbonyl (C=O) groups excluding carboxylic acids is 2. The van der Waals surface area contributed by atoms with Crippen molar-refractivity contribution >= 4 is 45.9 Å². The first-order valence-electron chi connectivity index (χ1n) is 10.2. The SMILES string of the molecule is CNC(=O)COc1cccc(Nc2ncc(F)c(Nc3ccc4cc(C(=O)OC)[nH]c4c3)n2)c1. The lowest BCUT2D eigenvalue weighted by atomic mass is 10.2. The zero-order valence-corrected chi connectivity index (χ0v) is 18.3. The Labute approximate surface area is 193 Å². The quantitative estimate of drug-likeness (QED) is 0.292. The number of ether oxygens (including phenoxy) is 2. The maximum Gasteiger partial charge on any atom is 0.354 e. The van der Waals surface area contributed by atoms with Crippen molar-refractivity contribution in [3.05, 3.63) is 66.2 Å². The summed E-state index contributed by atoms with van der Waals surface area (Å²) in [5.74, 6) is -0.791. The molecule has 10 nitrogen and oxygen atoms in total. The highest BCUT2D eigenvalue weighted by molar-refractivity contribution is 5.95. The molecule has 11 heteroatoms. The highest BCUT2D eigenvalue weighted by Crippen LogP contribution is 2.25. The highest BCUT2D eigenvalue weighted by atomic mass is 19.1. The molecule has 2 aromatic carbocycles. The average molecular weight is 464 g/mol. The van der Waals surface area contributed by atoms with E-state index in [1.807, 2.05) is 0 Å². The van der Waals surface area contributed by atoms with E-state index in [9.17, 15) is 14.0 Å². The van der Waals surface area contributed by atoms with Crippen LogP contribution in [0.15, 0.2) is 54.7 Å². The van der Waals surface area contributed by atoms with E-state index in [2.05, 4.69) is 30.9 Å². The maximum absolute atomic E-state index is 14.4. The van der Waals surface area contributed by atoms with Crippen molar-refractivity contribution in [1.29, 1.82) is 0 Å². The lowest BCUT2D eigenvalue weighted by molar-refractivity contribution is -0.122. The molecule has 0 unspecified atom stereocenters. The summed E-state index contributed by atoms with van der Waals surface area (Å²) in [6.45, 7) is -0.118. The number of hydrogen-bond acceptors (Lipinski definition) is 8. The number of anilines is 4. The predicted octanol–water partition coefficient (Wildman–Crippen LogP) is 3.50. The molecule has 0 fully saturated rings. The number of amides is 1. The van der Waals surface area contributed by atoms with Gasteiger partial charge in [0, 0.05) is 35.4 Å². The fraction of sp³-hybridized carbons (Fsp3) is 0.130.